The molecular weight excluding hydrogens is 218 g/mol. The molecule has 2 rings (SSSR count). The number of nitrogens with zero attached hydrogens (tertiary/aromatic N) is 1. The third-order valence-corrected chi connectivity index (χ3v) is 3.60. The van der Waals surface area contributed by atoms with Crippen LogP contribution in [-0.2, 0) is 17.7 Å². The molecule has 1 fully saturated rings. The summed E-state index contributed by atoms with van der Waals surface area (Å²) in [4.78, 5) is 3.24. The molecule has 0 atom stereocenters. The van der Waals surface area contributed by atoms with Gasteiger partial charge in [0.05, 0.1) is 4.99 Å². The lowest BCUT2D eigenvalue weighted by Gasteiger charge is -2.26. The van der Waals surface area contributed by atoms with Crippen molar-refractivity contribution in [2.45, 2.75) is 25.7 Å². The van der Waals surface area contributed by atoms with Gasteiger partial charge in [-0.25, -0.2) is 4.21 Å². The van der Waals surface area contributed by atoms with E-state index in [2.05, 4.69) is 17.0 Å². The van der Waals surface area contributed by atoms with Crippen LogP contribution in [-0.4, -0.2) is 27.2 Å². The van der Waals surface area contributed by atoms with Gasteiger partial charge in [-0.05, 0) is 18.4 Å². The fourth-order valence-corrected chi connectivity index (χ4v) is 2.62. The van der Waals surface area contributed by atoms with Gasteiger partial charge in [-0.15, -0.1) is 0 Å². The van der Waals surface area contributed by atoms with Crippen LogP contribution in [0.2, 0.25) is 0 Å². The zero-order valence-corrected chi connectivity index (χ0v) is 10.2. The summed E-state index contributed by atoms with van der Waals surface area (Å²) in [6.07, 6.45) is 4.53. The summed E-state index contributed by atoms with van der Waals surface area (Å²) in [6, 6.07) is 10.2. The molecule has 0 radical (unpaired) electrons. The number of hydrogen-bond acceptors (Lipinski definition) is 1. The first kappa shape index (κ1) is 11.6. The third-order valence-electron chi connectivity index (χ3n) is 3.00. The molecule has 0 amide bonds. The molecule has 0 bridgehead atoms. The van der Waals surface area contributed by atoms with E-state index in [1.54, 1.807) is 0 Å². The molecule has 1 aromatic rings. The van der Waals surface area contributed by atoms with Gasteiger partial charge in [0.1, 0.15) is 11.3 Å². The van der Waals surface area contributed by atoms with E-state index < -0.39 is 0 Å². The zero-order chi connectivity index (χ0) is 11.2. The van der Waals surface area contributed by atoms with Crippen LogP contribution in [0.5, 0.6) is 0 Å². The molecular formula is C13H17NOS. The lowest BCUT2D eigenvalue weighted by atomic mass is 10.1. The number of likely N-dealkylation sites (tertiary alicyclic amines) is 1. The number of hydrogen-bond donors (Lipinski definition) is 0. The summed E-state index contributed by atoms with van der Waals surface area (Å²) in [5, 5.41) is 0. The summed E-state index contributed by atoms with van der Waals surface area (Å²) < 4.78 is 11.2. The van der Waals surface area contributed by atoms with Gasteiger partial charge in [-0.1, -0.05) is 36.8 Å². The van der Waals surface area contributed by atoms with Crippen LogP contribution < -0.4 is 0 Å². The van der Waals surface area contributed by atoms with Crippen molar-refractivity contribution in [2.24, 2.45) is 0 Å². The molecule has 0 aliphatic carbocycles. The monoisotopic (exact) mass is 235 g/mol. The summed E-state index contributed by atoms with van der Waals surface area (Å²) in [5.74, 6) is 0. The van der Waals surface area contributed by atoms with Crippen molar-refractivity contribution in [3.05, 3.63) is 35.9 Å². The summed E-state index contributed by atoms with van der Waals surface area (Å²) in [6.45, 7) is 2.11. The molecule has 86 valence electrons. The van der Waals surface area contributed by atoms with Crippen molar-refractivity contribution in [3.63, 3.8) is 0 Å². The van der Waals surface area contributed by atoms with E-state index in [1.165, 1.54) is 24.8 Å². The summed E-state index contributed by atoms with van der Waals surface area (Å²) in [7, 11) is 0. The number of piperidine rings is 1. The standard InChI is InChI=1S/C13H17NOS/c15-16-13(14-9-5-2-6-10-14)11-12-7-3-1-4-8-12/h1,3-4,7-8H,2,5-6,9-11H2. The molecule has 0 spiro atoms. The van der Waals surface area contributed by atoms with E-state index in [0.29, 0.717) is 11.3 Å². The van der Waals surface area contributed by atoms with Crippen LogP contribution in [0.15, 0.2) is 30.3 Å². The first-order valence-electron chi connectivity index (χ1n) is 5.84. The number of benzene rings is 1. The highest BCUT2D eigenvalue weighted by Crippen LogP contribution is 2.11. The van der Waals surface area contributed by atoms with Crippen LogP contribution in [0.3, 0.4) is 0 Å². The van der Waals surface area contributed by atoms with E-state index in [0.717, 1.165) is 24.5 Å². The Kier molecular flexibility index (Phi) is 4.31. The van der Waals surface area contributed by atoms with Crippen molar-refractivity contribution >= 4 is 16.2 Å². The molecule has 1 saturated heterocycles. The first-order chi connectivity index (χ1) is 7.90. The van der Waals surface area contributed by atoms with E-state index in [4.69, 9.17) is 0 Å². The molecule has 0 N–H and O–H groups in total. The minimum absolute atomic E-state index is 0.664. The summed E-state index contributed by atoms with van der Waals surface area (Å²) >= 11 is 0.664. The highest BCUT2D eigenvalue weighted by molar-refractivity contribution is 7.66. The van der Waals surface area contributed by atoms with Gasteiger partial charge in [0, 0.05) is 19.5 Å². The van der Waals surface area contributed by atoms with E-state index in [1.807, 2.05) is 18.2 Å². The maximum absolute atomic E-state index is 11.2. The summed E-state index contributed by atoms with van der Waals surface area (Å²) in [5.41, 5.74) is 1.23. The van der Waals surface area contributed by atoms with Crippen molar-refractivity contribution in [1.29, 1.82) is 0 Å². The van der Waals surface area contributed by atoms with Crippen LogP contribution >= 0.6 is 0 Å². The zero-order valence-electron chi connectivity index (χ0n) is 9.39. The predicted octanol–water partition coefficient (Wildman–Crippen LogP) is 2.06. The van der Waals surface area contributed by atoms with Crippen molar-refractivity contribution in [3.8, 4) is 0 Å². The maximum Gasteiger partial charge on any atom is 0.105 e. The fraction of sp³-hybridized carbons (Fsp3) is 0.462. The molecule has 0 saturated carbocycles. The number of rotatable bonds is 2. The van der Waals surface area contributed by atoms with Gasteiger partial charge >= 0.3 is 0 Å². The first-order valence-corrected chi connectivity index (χ1v) is 6.59. The molecule has 0 aromatic heterocycles. The minimum atomic E-state index is 0.664. The minimum Gasteiger partial charge on any atom is -0.267 e. The van der Waals surface area contributed by atoms with Gasteiger partial charge in [0.25, 0.3) is 0 Å². The Hall–Kier alpha value is -0.930. The topological polar surface area (TPSA) is 20.3 Å². The molecule has 3 heteroatoms. The second-order valence-corrected chi connectivity index (χ2v) is 4.83. The van der Waals surface area contributed by atoms with E-state index in [9.17, 15) is 4.21 Å². The van der Waals surface area contributed by atoms with Gasteiger partial charge < -0.3 is 0 Å². The second-order valence-electron chi connectivity index (χ2n) is 4.19. The van der Waals surface area contributed by atoms with Gasteiger partial charge in [-0.3, -0.25) is 4.90 Å². The van der Waals surface area contributed by atoms with Gasteiger partial charge in [-0.2, -0.15) is 0 Å². The maximum atomic E-state index is 11.2. The van der Waals surface area contributed by atoms with Crippen LogP contribution in [0.25, 0.3) is 0 Å². The van der Waals surface area contributed by atoms with E-state index >= 15 is 0 Å². The quantitative estimate of drug-likeness (QED) is 0.731. The Balaban J connectivity index is 2.03. The smallest absolute Gasteiger partial charge is 0.105 e. The Morgan fingerprint density at radius 3 is 2.44 bits per heavy atom. The molecule has 1 aliphatic heterocycles. The molecule has 1 aliphatic rings. The van der Waals surface area contributed by atoms with Crippen LogP contribution in [0.1, 0.15) is 24.8 Å². The highest BCUT2D eigenvalue weighted by atomic mass is 32.1. The molecule has 2 nitrogen and oxygen atoms in total. The Morgan fingerprint density at radius 2 is 1.81 bits per heavy atom. The van der Waals surface area contributed by atoms with Crippen molar-refractivity contribution < 1.29 is 4.21 Å². The Bertz CT molecular complexity index is 378. The van der Waals surface area contributed by atoms with Crippen molar-refractivity contribution in [1.82, 2.24) is 4.90 Å². The van der Waals surface area contributed by atoms with Crippen molar-refractivity contribution in [2.75, 3.05) is 13.1 Å². The molecule has 1 heterocycles. The Labute approximate surface area is 100 Å². The second kappa shape index (κ2) is 5.97. The SMILES string of the molecule is O=S=C(Cc1ccccc1)N1CCCCC1. The molecule has 1 aromatic carbocycles. The Morgan fingerprint density at radius 1 is 1.12 bits per heavy atom. The van der Waals surface area contributed by atoms with Crippen LogP contribution in [0, 0.1) is 0 Å². The van der Waals surface area contributed by atoms with Gasteiger partial charge in [0.15, 0.2) is 0 Å². The molecule has 16 heavy (non-hydrogen) atoms. The normalized spacial score (nSPS) is 17.0. The lowest BCUT2D eigenvalue weighted by Crippen LogP contribution is -2.36. The van der Waals surface area contributed by atoms with E-state index in [-0.39, 0.29) is 0 Å². The highest BCUT2D eigenvalue weighted by Gasteiger charge is 2.15. The average Bonchev–Trinajstić information content (AvgIpc) is 2.38. The average molecular weight is 235 g/mol. The van der Waals surface area contributed by atoms with Crippen LogP contribution in [0.4, 0.5) is 0 Å². The lowest BCUT2D eigenvalue weighted by molar-refractivity contribution is 0.343. The fourth-order valence-electron chi connectivity index (χ4n) is 2.11. The van der Waals surface area contributed by atoms with Gasteiger partial charge in [0.2, 0.25) is 0 Å². The third kappa shape index (κ3) is 3.03. The molecule has 0 unspecified atom stereocenters. The largest absolute Gasteiger partial charge is 0.267 e. The predicted molar refractivity (Wildman–Crippen MR) is 68.7 cm³/mol.